The third-order valence-corrected chi connectivity index (χ3v) is 5.40. The first-order valence-electron chi connectivity index (χ1n) is 8.79. The maximum Gasteiger partial charge on any atom is 0.272 e. The maximum absolute atomic E-state index is 13.2. The zero-order chi connectivity index (χ0) is 16.7. The van der Waals surface area contributed by atoms with Gasteiger partial charge in [-0.1, -0.05) is 31.2 Å². The van der Waals surface area contributed by atoms with Gasteiger partial charge >= 0.3 is 0 Å². The summed E-state index contributed by atoms with van der Waals surface area (Å²) in [7, 11) is 0. The lowest BCUT2D eigenvalue weighted by Crippen LogP contribution is -2.48. The molecule has 2 atom stereocenters. The lowest BCUT2D eigenvalue weighted by Gasteiger charge is -2.36. The zero-order valence-electron chi connectivity index (χ0n) is 14.1. The van der Waals surface area contributed by atoms with Gasteiger partial charge in [0.15, 0.2) is 0 Å². The van der Waals surface area contributed by atoms with Gasteiger partial charge in [-0.25, -0.2) is 4.98 Å². The highest BCUT2D eigenvalue weighted by Gasteiger charge is 2.32. The van der Waals surface area contributed by atoms with Crippen LogP contribution in [0.4, 0.5) is 0 Å². The summed E-state index contributed by atoms with van der Waals surface area (Å²) in [4.78, 5) is 19.7. The third-order valence-electron chi connectivity index (χ3n) is 5.40. The minimum Gasteiger partial charge on any atom is -0.328 e. The average molecular weight is 324 g/mol. The van der Waals surface area contributed by atoms with Gasteiger partial charge in [-0.3, -0.25) is 4.79 Å². The number of benzene rings is 1. The Morgan fingerprint density at radius 1 is 1.33 bits per heavy atom. The van der Waals surface area contributed by atoms with Crippen molar-refractivity contribution >= 4 is 5.91 Å². The van der Waals surface area contributed by atoms with Gasteiger partial charge in [0.25, 0.3) is 5.91 Å². The summed E-state index contributed by atoms with van der Waals surface area (Å²) in [6.45, 7) is 4.23. The summed E-state index contributed by atoms with van der Waals surface area (Å²) in [5.74, 6) is 1.69. The number of aryl methyl sites for hydroxylation is 1. The van der Waals surface area contributed by atoms with Crippen LogP contribution in [-0.4, -0.2) is 32.9 Å². The predicted octanol–water partition coefficient (Wildman–Crippen LogP) is 1.99. The van der Waals surface area contributed by atoms with Gasteiger partial charge < -0.3 is 15.2 Å². The summed E-state index contributed by atoms with van der Waals surface area (Å²) in [5.41, 5.74) is 9.23. The fraction of sp³-hybridized carbons (Fsp3) is 0.474. The van der Waals surface area contributed by atoms with Gasteiger partial charge in [0, 0.05) is 32.1 Å². The van der Waals surface area contributed by atoms with Crippen LogP contribution in [0, 0.1) is 5.92 Å². The zero-order valence-corrected chi connectivity index (χ0v) is 14.1. The standard InChI is InChI=1S/C19H24N4O/c1-13-6-7-18-21-10-17(23(18)11-13)19(24)22-12-15-5-3-2-4-14(15)8-16(22)9-20/h2-5,10,13,16H,6-9,11-12,20H2,1H3. The van der Waals surface area contributed by atoms with Crippen LogP contribution in [0.25, 0.3) is 0 Å². The molecular weight excluding hydrogens is 300 g/mol. The van der Waals surface area contributed by atoms with E-state index in [0.29, 0.717) is 19.0 Å². The molecule has 2 N–H and O–H groups in total. The Bertz CT molecular complexity index is 766. The molecule has 5 heteroatoms. The van der Waals surface area contributed by atoms with Crippen LogP contribution in [0.15, 0.2) is 30.5 Å². The van der Waals surface area contributed by atoms with Crippen LogP contribution in [0.3, 0.4) is 0 Å². The molecule has 1 aromatic carbocycles. The highest BCUT2D eigenvalue weighted by atomic mass is 16.2. The van der Waals surface area contributed by atoms with Crippen molar-refractivity contribution in [1.82, 2.24) is 14.5 Å². The molecule has 0 saturated carbocycles. The van der Waals surface area contributed by atoms with Crippen LogP contribution < -0.4 is 5.73 Å². The number of nitrogens with two attached hydrogens (primary N) is 1. The minimum absolute atomic E-state index is 0.0552. The molecule has 1 amide bonds. The first-order chi connectivity index (χ1) is 11.7. The SMILES string of the molecule is CC1CCc2ncc(C(=O)N3Cc4ccccc4CC3CN)n2C1. The molecule has 5 nitrogen and oxygen atoms in total. The normalized spacial score (nSPS) is 22.8. The molecule has 2 aliphatic heterocycles. The molecule has 126 valence electrons. The van der Waals surface area contributed by atoms with Crippen molar-refractivity contribution in [3.63, 3.8) is 0 Å². The Balaban J connectivity index is 1.66. The van der Waals surface area contributed by atoms with Crippen LogP contribution in [0.1, 0.15) is 40.8 Å². The van der Waals surface area contributed by atoms with Gasteiger partial charge in [-0.2, -0.15) is 0 Å². The molecule has 2 unspecified atom stereocenters. The van der Waals surface area contributed by atoms with Crippen LogP contribution in [0.2, 0.25) is 0 Å². The Morgan fingerprint density at radius 2 is 2.12 bits per heavy atom. The van der Waals surface area contributed by atoms with Gasteiger partial charge in [0.2, 0.25) is 0 Å². The number of carbonyl (C=O) groups excluding carboxylic acids is 1. The summed E-state index contributed by atoms with van der Waals surface area (Å²) >= 11 is 0. The summed E-state index contributed by atoms with van der Waals surface area (Å²) < 4.78 is 2.12. The number of aromatic nitrogens is 2. The van der Waals surface area contributed by atoms with E-state index < -0.39 is 0 Å². The third kappa shape index (κ3) is 2.53. The van der Waals surface area contributed by atoms with E-state index in [1.165, 1.54) is 11.1 Å². The number of rotatable bonds is 2. The topological polar surface area (TPSA) is 64.2 Å². The molecule has 4 rings (SSSR count). The van der Waals surface area contributed by atoms with Crippen molar-refractivity contribution in [2.24, 2.45) is 11.7 Å². The minimum atomic E-state index is 0.0552. The van der Waals surface area contributed by atoms with Crippen molar-refractivity contribution in [2.75, 3.05) is 6.54 Å². The molecule has 0 fully saturated rings. The smallest absolute Gasteiger partial charge is 0.272 e. The summed E-state index contributed by atoms with van der Waals surface area (Å²) in [6.07, 6.45) is 4.68. The highest BCUT2D eigenvalue weighted by molar-refractivity contribution is 5.93. The first kappa shape index (κ1) is 15.4. The molecule has 0 radical (unpaired) electrons. The van der Waals surface area contributed by atoms with E-state index in [1.807, 2.05) is 11.0 Å². The first-order valence-corrected chi connectivity index (χ1v) is 8.79. The fourth-order valence-corrected chi connectivity index (χ4v) is 3.95. The van der Waals surface area contributed by atoms with Gasteiger partial charge in [0.1, 0.15) is 11.5 Å². The maximum atomic E-state index is 13.2. The van der Waals surface area contributed by atoms with E-state index in [9.17, 15) is 4.79 Å². The summed E-state index contributed by atoms with van der Waals surface area (Å²) in [5, 5.41) is 0. The van der Waals surface area contributed by atoms with Gasteiger partial charge in [-0.05, 0) is 29.9 Å². The molecule has 0 spiro atoms. The Hall–Kier alpha value is -2.14. The van der Waals surface area contributed by atoms with Crippen LogP contribution >= 0.6 is 0 Å². The molecule has 0 aliphatic carbocycles. The van der Waals surface area contributed by atoms with Gasteiger partial charge in [-0.15, -0.1) is 0 Å². The van der Waals surface area contributed by atoms with Crippen molar-refractivity contribution in [3.05, 3.63) is 53.1 Å². The number of nitrogens with zero attached hydrogens (tertiary/aromatic N) is 3. The second-order valence-electron chi connectivity index (χ2n) is 7.11. The van der Waals surface area contributed by atoms with Crippen molar-refractivity contribution in [1.29, 1.82) is 0 Å². The molecule has 2 aliphatic rings. The number of fused-ring (bicyclic) bond motifs is 2. The van der Waals surface area contributed by atoms with Gasteiger partial charge in [0.05, 0.1) is 6.20 Å². The van der Waals surface area contributed by atoms with E-state index in [4.69, 9.17) is 5.73 Å². The second kappa shape index (κ2) is 6.06. The number of hydrogen-bond donors (Lipinski definition) is 1. The number of amides is 1. The van der Waals surface area contributed by atoms with Crippen LogP contribution in [0.5, 0.6) is 0 Å². The largest absolute Gasteiger partial charge is 0.328 e. The van der Waals surface area contributed by atoms with E-state index in [-0.39, 0.29) is 11.9 Å². The molecule has 3 heterocycles. The van der Waals surface area contributed by atoms with E-state index in [1.54, 1.807) is 6.20 Å². The number of carbonyl (C=O) groups is 1. The van der Waals surface area contributed by atoms with E-state index in [0.717, 1.165) is 37.3 Å². The van der Waals surface area contributed by atoms with Crippen molar-refractivity contribution in [2.45, 2.75) is 45.3 Å². The second-order valence-corrected chi connectivity index (χ2v) is 7.11. The molecular formula is C19H24N4O. The molecule has 24 heavy (non-hydrogen) atoms. The fourth-order valence-electron chi connectivity index (χ4n) is 3.95. The Morgan fingerprint density at radius 3 is 2.92 bits per heavy atom. The number of hydrogen-bond acceptors (Lipinski definition) is 3. The molecule has 0 bridgehead atoms. The molecule has 0 saturated heterocycles. The molecule has 2 aromatic rings. The predicted molar refractivity (Wildman–Crippen MR) is 92.6 cm³/mol. The van der Waals surface area contributed by atoms with Crippen molar-refractivity contribution in [3.8, 4) is 0 Å². The lowest BCUT2D eigenvalue weighted by molar-refractivity contribution is 0.0634. The summed E-state index contributed by atoms with van der Waals surface area (Å²) in [6, 6.07) is 8.39. The van der Waals surface area contributed by atoms with Crippen LogP contribution in [-0.2, 0) is 25.9 Å². The average Bonchev–Trinajstić information content (AvgIpc) is 3.02. The molecule has 1 aromatic heterocycles. The lowest BCUT2D eigenvalue weighted by atomic mass is 9.93. The number of imidazole rings is 1. The van der Waals surface area contributed by atoms with E-state index in [2.05, 4.69) is 34.7 Å². The van der Waals surface area contributed by atoms with E-state index >= 15 is 0 Å². The Kier molecular flexibility index (Phi) is 3.88. The van der Waals surface area contributed by atoms with Crippen molar-refractivity contribution < 1.29 is 4.79 Å². The highest BCUT2D eigenvalue weighted by Crippen LogP contribution is 2.26. The monoisotopic (exact) mass is 324 g/mol. The quantitative estimate of drug-likeness (QED) is 0.919. The Labute approximate surface area is 142 Å².